The number of aryl methyl sites for hydroxylation is 2. The molecule has 1 fully saturated rings. The molecule has 1 aromatic heterocycles. The summed E-state index contributed by atoms with van der Waals surface area (Å²) in [6.45, 7) is 10.7. The number of aromatic nitrogens is 2. The fraction of sp³-hybridized carbons (Fsp3) is 0.600. The molecule has 1 aliphatic rings. The van der Waals surface area contributed by atoms with Gasteiger partial charge in [0.2, 0.25) is 11.8 Å². The molecule has 2 heterocycles. The average Bonchev–Trinajstić information content (AvgIpc) is 3.13. The Bertz CT molecular complexity index is 711. The zero-order valence-corrected chi connectivity index (χ0v) is 15.7. The van der Waals surface area contributed by atoms with Crippen LogP contribution in [0.15, 0.2) is 22.6 Å². The molecular formula is C20H29N3O2. The summed E-state index contributed by atoms with van der Waals surface area (Å²) < 4.78 is 5.97. The number of rotatable bonds is 5. The van der Waals surface area contributed by atoms with Gasteiger partial charge >= 0.3 is 0 Å². The Morgan fingerprint density at radius 1 is 1.20 bits per heavy atom. The van der Waals surface area contributed by atoms with Crippen LogP contribution in [0, 0.1) is 19.3 Å². The molecule has 1 aliphatic heterocycles. The Balaban J connectivity index is 1.71. The smallest absolute Gasteiger partial charge is 0.247 e. The number of hydrogen-bond acceptors (Lipinski definition) is 5. The summed E-state index contributed by atoms with van der Waals surface area (Å²) in [6, 6.07) is 6.31. The van der Waals surface area contributed by atoms with E-state index in [2.05, 4.69) is 54.9 Å². The molecule has 0 aliphatic carbocycles. The van der Waals surface area contributed by atoms with Crippen molar-refractivity contribution in [3.8, 4) is 11.5 Å². The number of aliphatic hydroxyl groups is 1. The lowest BCUT2D eigenvalue weighted by molar-refractivity contribution is 0.0227. The second-order valence-corrected chi connectivity index (χ2v) is 7.47. The zero-order valence-electron chi connectivity index (χ0n) is 15.7. The van der Waals surface area contributed by atoms with Crippen LogP contribution in [0.3, 0.4) is 0 Å². The lowest BCUT2D eigenvalue weighted by Gasteiger charge is -2.41. The first-order chi connectivity index (χ1) is 12.0. The Hall–Kier alpha value is -1.72. The molecule has 0 saturated carbocycles. The molecule has 1 saturated heterocycles. The molecule has 0 bridgehead atoms. The van der Waals surface area contributed by atoms with Gasteiger partial charge in [-0.1, -0.05) is 13.0 Å². The van der Waals surface area contributed by atoms with Crippen LogP contribution in [-0.2, 0) is 0 Å². The van der Waals surface area contributed by atoms with Gasteiger partial charge in [-0.05, 0) is 81.8 Å². The molecule has 136 valence electrons. The highest BCUT2D eigenvalue weighted by Gasteiger charge is 2.35. The lowest BCUT2D eigenvalue weighted by Crippen LogP contribution is -2.42. The minimum Gasteiger partial charge on any atom is -0.419 e. The van der Waals surface area contributed by atoms with Crippen molar-refractivity contribution < 1.29 is 9.52 Å². The quantitative estimate of drug-likeness (QED) is 0.892. The van der Waals surface area contributed by atoms with Gasteiger partial charge in [0.1, 0.15) is 0 Å². The first-order valence-corrected chi connectivity index (χ1v) is 9.24. The predicted molar refractivity (Wildman–Crippen MR) is 98.2 cm³/mol. The van der Waals surface area contributed by atoms with Gasteiger partial charge in [-0.25, -0.2) is 0 Å². The van der Waals surface area contributed by atoms with E-state index in [1.807, 2.05) is 6.07 Å². The van der Waals surface area contributed by atoms with Crippen molar-refractivity contribution in [1.29, 1.82) is 0 Å². The lowest BCUT2D eigenvalue weighted by atomic mass is 9.77. The summed E-state index contributed by atoms with van der Waals surface area (Å²) in [7, 11) is 0. The highest BCUT2D eigenvalue weighted by molar-refractivity contribution is 5.55. The zero-order chi connectivity index (χ0) is 18.0. The molecule has 1 unspecified atom stereocenters. The minimum atomic E-state index is 0.0929. The maximum atomic E-state index is 9.70. The van der Waals surface area contributed by atoms with Gasteiger partial charge in [0.25, 0.3) is 0 Å². The van der Waals surface area contributed by atoms with E-state index in [9.17, 15) is 5.11 Å². The van der Waals surface area contributed by atoms with Crippen molar-refractivity contribution in [2.24, 2.45) is 5.41 Å². The van der Waals surface area contributed by atoms with Gasteiger partial charge in [-0.2, -0.15) is 0 Å². The number of piperidine rings is 1. The molecule has 2 aromatic rings. The SMILES string of the molecule is CCC1(CO)CCN(C(C)c2nnc(-c3ccc(C)c(C)c3)o2)CC1. The Morgan fingerprint density at radius 3 is 2.52 bits per heavy atom. The first kappa shape index (κ1) is 18.1. The number of nitrogens with zero attached hydrogens (tertiary/aromatic N) is 3. The van der Waals surface area contributed by atoms with Crippen molar-refractivity contribution in [2.75, 3.05) is 19.7 Å². The molecule has 1 N–H and O–H groups in total. The van der Waals surface area contributed by atoms with Crippen LogP contribution >= 0.6 is 0 Å². The van der Waals surface area contributed by atoms with E-state index in [0.717, 1.165) is 37.9 Å². The van der Waals surface area contributed by atoms with Crippen molar-refractivity contribution in [1.82, 2.24) is 15.1 Å². The monoisotopic (exact) mass is 343 g/mol. The third-order valence-electron chi connectivity index (χ3n) is 6.04. The fourth-order valence-electron chi connectivity index (χ4n) is 3.56. The van der Waals surface area contributed by atoms with Crippen LogP contribution in [0.1, 0.15) is 56.2 Å². The van der Waals surface area contributed by atoms with E-state index in [-0.39, 0.29) is 18.1 Å². The molecule has 0 spiro atoms. The summed E-state index contributed by atoms with van der Waals surface area (Å²) >= 11 is 0. The summed E-state index contributed by atoms with van der Waals surface area (Å²) in [5.41, 5.74) is 3.54. The average molecular weight is 343 g/mol. The van der Waals surface area contributed by atoms with E-state index in [0.29, 0.717) is 11.8 Å². The maximum absolute atomic E-state index is 9.70. The van der Waals surface area contributed by atoms with Gasteiger partial charge in [0.05, 0.1) is 6.04 Å². The largest absolute Gasteiger partial charge is 0.419 e. The molecule has 5 heteroatoms. The van der Waals surface area contributed by atoms with Gasteiger partial charge in [-0.15, -0.1) is 10.2 Å². The summed E-state index contributed by atoms with van der Waals surface area (Å²) in [4.78, 5) is 2.38. The normalized spacial score (nSPS) is 19.1. The summed E-state index contributed by atoms with van der Waals surface area (Å²) in [5.74, 6) is 1.25. The maximum Gasteiger partial charge on any atom is 0.247 e. The van der Waals surface area contributed by atoms with Crippen molar-refractivity contribution >= 4 is 0 Å². The molecule has 0 radical (unpaired) electrons. The van der Waals surface area contributed by atoms with Gasteiger partial charge in [0.15, 0.2) is 0 Å². The molecule has 1 aromatic carbocycles. The van der Waals surface area contributed by atoms with Crippen LogP contribution in [0.4, 0.5) is 0 Å². The number of aliphatic hydroxyl groups excluding tert-OH is 1. The van der Waals surface area contributed by atoms with Crippen LogP contribution in [0.2, 0.25) is 0 Å². The predicted octanol–water partition coefficient (Wildman–Crippen LogP) is 3.90. The van der Waals surface area contributed by atoms with Crippen molar-refractivity contribution in [2.45, 2.75) is 53.0 Å². The van der Waals surface area contributed by atoms with Gasteiger partial charge < -0.3 is 9.52 Å². The topological polar surface area (TPSA) is 62.4 Å². The number of likely N-dealkylation sites (tertiary alicyclic amines) is 1. The van der Waals surface area contributed by atoms with Crippen molar-refractivity contribution in [3.05, 3.63) is 35.2 Å². The number of hydrogen-bond donors (Lipinski definition) is 1. The van der Waals surface area contributed by atoms with Gasteiger partial charge in [-0.3, -0.25) is 4.90 Å². The van der Waals surface area contributed by atoms with E-state index in [4.69, 9.17) is 4.42 Å². The van der Waals surface area contributed by atoms with E-state index < -0.39 is 0 Å². The Morgan fingerprint density at radius 2 is 1.92 bits per heavy atom. The van der Waals surface area contributed by atoms with Crippen LogP contribution in [-0.4, -0.2) is 39.9 Å². The van der Waals surface area contributed by atoms with E-state index in [1.54, 1.807) is 0 Å². The Labute approximate surface area is 150 Å². The third kappa shape index (κ3) is 3.62. The third-order valence-corrected chi connectivity index (χ3v) is 6.04. The standard InChI is InChI=1S/C20H29N3O2/c1-5-20(13-24)8-10-23(11-9-20)16(4)18-21-22-19(25-18)17-7-6-14(2)15(3)12-17/h6-7,12,16,24H,5,8-11,13H2,1-4H3. The highest BCUT2D eigenvalue weighted by atomic mass is 16.4. The Kier molecular flexibility index (Phi) is 5.25. The van der Waals surface area contributed by atoms with Crippen LogP contribution < -0.4 is 0 Å². The second kappa shape index (κ2) is 7.26. The molecule has 1 atom stereocenters. The van der Waals surface area contributed by atoms with E-state index in [1.165, 1.54) is 11.1 Å². The molecule has 25 heavy (non-hydrogen) atoms. The minimum absolute atomic E-state index is 0.0929. The fourth-order valence-corrected chi connectivity index (χ4v) is 3.56. The molecule has 0 amide bonds. The van der Waals surface area contributed by atoms with Crippen LogP contribution in [0.25, 0.3) is 11.5 Å². The highest BCUT2D eigenvalue weighted by Crippen LogP contribution is 2.37. The summed E-state index contributed by atoms with van der Waals surface area (Å²) in [5, 5.41) is 18.2. The van der Waals surface area contributed by atoms with Crippen LogP contribution in [0.5, 0.6) is 0 Å². The van der Waals surface area contributed by atoms with Gasteiger partial charge in [0, 0.05) is 12.2 Å². The first-order valence-electron chi connectivity index (χ1n) is 9.24. The van der Waals surface area contributed by atoms with E-state index >= 15 is 0 Å². The molecule has 3 rings (SSSR count). The second-order valence-electron chi connectivity index (χ2n) is 7.47. The molecule has 5 nitrogen and oxygen atoms in total. The summed E-state index contributed by atoms with van der Waals surface area (Å²) in [6.07, 6.45) is 3.06. The van der Waals surface area contributed by atoms with Crippen molar-refractivity contribution in [3.63, 3.8) is 0 Å². The molecular weight excluding hydrogens is 314 g/mol. The number of benzene rings is 1.